The zero-order chi connectivity index (χ0) is 14.8. The van der Waals surface area contributed by atoms with E-state index >= 15 is 0 Å². The summed E-state index contributed by atoms with van der Waals surface area (Å²) >= 11 is 3.63. The number of ketones is 2. The molecule has 0 amide bonds. The minimum atomic E-state index is -0.799. The molecule has 0 spiro atoms. The highest BCUT2D eigenvalue weighted by Crippen LogP contribution is 2.71. The molecule has 2 nitrogen and oxygen atoms in total. The number of alkyl halides is 1. The summed E-state index contributed by atoms with van der Waals surface area (Å²) in [5, 5.41) is 0. The fourth-order valence-electron chi connectivity index (χ4n) is 3.79. The Balaban J connectivity index is 1.93. The zero-order valence-electron chi connectivity index (χ0n) is 11.5. The van der Waals surface area contributed by atoms with E-state index in [0.717, 1.165) is 5.56 Å². The number of carbonyl (C=O) groups excluding carboxylic acids is 2. The van der Waals surface area contributed by atoms with E-state index in [2.05, 4.69) is 15.9 Å². The molecule has 4 rings (SSSR count). The second-order valence-electron chi connectivity index (χ2n) is 5.95. The van der Waals surface area contributed by atoms with Gasteiger partial charge >= 0.3 is 0 Å². The van der Waals surface area contributed by atoms with Crippen LogP contribution in [0.25, 0.3) is 0 Å². The Morgan fingerprint density at radius 1 is 0.905 bits per heavy atom. The van der Waals surface area contributed by atoms with Gasteiger partial charge in [0.1, 0.15) is 4.32 Å². The SMILES string of the molecule is C[C@]1(c2ccccc2)[C@H]2C(=O)c3ccccc3C(=O)[C@]21Br. The van der Waals surface area contributed by atoms with Crippen LogP contribution in [0.4, 0.5) is 0 Å². The van der Waals surface area contributed by atoms with Crippen molar-refractivity contribution in [3.05, 3.63) is 71.3 Å². The van der Waals surface area contributed by atoms with E-state index in [4.69, 9.17) is 0 Å². The van der Waals surface area contributed by atoms with Gasteiger partial charge in [0.15, 0.2) is 11.6 Å². The average molecular weight is 341 g/mol. The lowest BCUT2D eigenvalue weighted by molar-refractivity contribution is 0.0893. The Labute approximate surface area is 131 Å². The molecule has 2 aliphatic rings. The molecule has 3 atom stereocenters. The number of carbonyl (C=O) groups is 2. The second-order valence-corrected chi connectivity index (χ2v) is 7.20. The first kappa shape index (κ1) is 13.0. The van der Waals surface area contributed by atoms with Crippen molar-refractivity contribution in [2.75, 3.05) is 0 Å². The Morgan fingerprint density at radius 2 is 1.48 bits per heavy atom. The summed E-state index contributed by atoms with van der Waals surface area (Å²) in [6.07, 6.45) is 0. The number of rotatable bonds is 1. The Morgan fingerprint density at radius 3 is 2.14 bits per heavy atom. The summed E-state index contributed by atoms with van der Waals surface area (Å²) in [6.45, 7) is 2.00. The number of benzene rings is 2. The van der Waals surface area contributed by atoms with E-state index in [0.29, 0.717) is 11.1 Å². The second kappa shape index (κ2) is 3.92. The van der Waals surface area contributed by atoms with E-state index in [-0.39, 0.29) is 17.5 Å². The van der Waals surface area contributed by atoms with Crippen molar-refractivity contribution in [2.24, 2.45) is 5.92 Å². The van der Waals surface area contributed by atoms with Crippen molar-refractivity contribution < 1.29 is 9.59 Å². The third-order valence-electron chi connectivity index (χ3n) is 5.05. The molecule has 21 heavy (non-hydrogen) atoms. The fraction of sp³-hybridized carbons (Fsp3) is 0.222. The lowest BCUT2D eigenvalue weighted by Gasteiger charge is -2.18. The number of Topliss-reactive ketones (excluding diaryl/α,β-unsaturated/α-hetero) is 2. The molecular formula is C18H13BrO2. The Kier molecular flexibility index (Phi) is 2.42. The molecule has 0 N–H and O–H groups in total. The number of hydrogen-bond donors (Lipinski definition) is 0. The van der Waals surface area contributed by atoms with Crippen LogP contribution in [-0.2, 0) is 5.41 Å². The average Bonchev–Trinajstić information content (AvgIpc) is 3.05. The molecule has 0 aromatic heterocycles. The molecule has 104 valence electrons. The maximum absolute atomic E-state index is 12.9. The zero-order valence-corrected chi connectivity index (χ0v) is 13.1. The maximum atomic E-state index is 12.9. The number of fused-ring (bicyclic) bond motifs is 2. The van der Waals surface area contributed by atoms with Gasteiger partial charge in [-0.3, -0.25) is 9.59 Å². The van der Waals surface area contributed by atoms with Crippen LogP contribution in [0.15, 0.2) is 54.6 Å². The summed E-state index contributed by atoms with van der Waals surface area (Å²) in [6, 6.07) is 16.9. The molecule has 1 saturated carbocycles. The largest absolute Gasteiger partial charge is 0.294 e. The van der Waals surface area contributed by atoms with Crippen molar-refractivity contribution in [1.29, 1.82) is 0 Å². The monoisotopic (exact) mass is 340 g/mol. The van der Waals surface area contributed by atoms with Crippen LogP contribution in [0.2, 0.25) is 0 Å². The van der Waals surface area contributed by atoms with Crippen LogP contribution >= 0.6 is 15.9 Å². The lowest BCUT2D eigenvalue weighted by Crippen LogP contribution is -2.30. The van der Waals surface area contributed by atoms with Gasteiger partial charge < -0.3 is 0 Å². The molecule has 2 aromatic rings. The topological polar surface area (TPSA) is 34.1 Å². The highest BCUT2D eigenvalue weighted by atomic mass is 79.9. The van der Waals surface area contributed by atoms with E-state index in [1.165, 1.54) is 0 Å². The minimum absolute atomic E-state index is 0.0223. The third-order valence-corrected chi connectivity index (χ3v) is 6.69. The maximum Gasteiger partial charge on any atom is 0.181 e. The Hall–Kier alpha value is -1.74. The quantitative estimate of drug-likeness (QED) is 0.740. The van der Waals surface area contributed by atoms with E-state index in [1.807, 2.05) is 49.4 Å². The standard InChI is InChI=1S/C18H13BrO2/c1-17(11-7-3-2-4-8-11)15-14(20)12-9-5-6-10-13(12)16(21)18(15,17)19/h2-10,15H,1H3/t15-,17+,18-/m1/s1. The van der Waals surface area contributed by atoms with Crippen molar-refractivity contribution in [3.63, 3.8) is 0 Å². The Bertz CT molecular complexity index is 783. The summed E-state index contributed by atoms with van der Waals surface area (Å²) in [5.41, 5.74) is 1.64. The van der Waals surface area contributed by atoms with Crippen LogP contribution in [0, 0.1) is 5.92 Å². The molecule has 2 aliphatic carbocycles. The van der Waals surface area contributed by atoms with Crippen LogP contribution in [0.3, 0.4) is 0 Å². The normalized spacial score (nSPS) is 33.3. The molecule has 2 aromatic carbocycles. The molecule has 3 heteroatoms. The van der Waals surface area contributed by atoms with Gasteiger partial charge in [0.05, 0.1) is 5.92 Å². The van der Waals surface area contributed by atoms with Gasteiger partial charge in [-0.25, -0.2) is 0 Å². The molecule has 0 saturated heterocycles. The van der Waals surface area contributed by atoms with Crippen LogP contribution in [0.1, 0.15) is 33.2 Å². The predicted octanol–water partition coefficient (Wildman–Crippen LogP) is 3.79. The minimum Gasteiger partial charge on any atom is -0.294 e. The first-order valence-electron chi connectivity index (χ1n) is 6.95. The first-order chi connectivity index (χ1) is 10.0. The van der Waals surface area contributed by atoms with Crippen LogP contribution < -0.4 is 0 Å². The van der Waals surface area contributed by atoms with E-state index in [9.17, 15) is 9.59 Å². The van der Waals surface area contributed by atoms with Crippen LogP contribution in [0.5, 0.6) is 0 Å². The lowest BCUT2D eigenvalue weighted by atomic mass is 9.90. The number of halogens is 1. The van der Waals surface area contributed by atoms with E-state index in [1.54, 1.807) is 12.1 Å². The molecule has 0 unspecified atom stereocenters. The summed E-state index contributed by atoms with van der Waals surface area (Å²) < 4.78 is -0.799. The van der Waals surface area contributed by atoms with Gasteiger partial charge in [-0.2, -0.15) is 0 Å². The summed E-state index contributed by atoms with van der Waals surface area (Å²) in [7, 11) is 0. The molecule has 0 radical (unpaired) electrons. The van der Waals surface area contributed by atoms with Gasteiger partial charge in [0.2, 0.25) is 0 Å². The number of hydrogen-bond acceptors (Lipinski definition) is 2. The highest BCUT2D eigenvalue weighted by Gasteiger charge is 2.81. The van der Waals surface area contributed by atoms with Crippen molar-refractivity contribution in [3.8, 4) is 0 Å². The molecule has 0 aliphatic heterocycles. The van der Waals surface area contributed by atoms with E-state index < -0.39 is 9.74 Å². The molecule has 1 fully saturated rings. The molecule has 0 heterocycles. The molecular weight excluding hydrogens is 328 g/mol. The molecule has 0 bridgehead atoms. The third kappa shape index (κ3) is 1.33. The van der Waals surface area contributed by atoms with Gasteiger partial charge in [0.25, 0.3) is 0 Å². The first-order valence-corrected chi connectivity index (χ1v) is 7.74. The fourth-order valence-corrected chi connectivity index (χ4v) is 5.02. The summed E-state index contributed by atoms with van der Waals surface area (Å²) in [5.74, 6) is -0.239. The van der Waals surface area contributed by atoms with Gasteiger partial charge in [-0.05, 0) is 5.56 Å². The highest BCUT2D eigenvalue weighted by molar-refractivity contribution is 9.10. The van der Waals surface area contributed by atoms with Gasteiger partial charge in [-0.1, -0.05) is 77.5 Å². The summed E-state index contributed by atoms with van der Waals surface area (Å²) in [4.78, 5) is 25.7. The predicted molar refractivity (Wildman–Crippen MR) is 84.0 cm³/mol. The van der Waals surface area contributed by atoms with Crippen molar-refractivity contribution >= 4 is 27.5 Å². The van der Waals surface area contributed by atoms with Crippen molar-refractivity contribution in [1.82, 2.24) is 0 Å². The van der Waals surface area contributed by atoms with Gasteiger partial charge in [0, 0.05) is 16.5 Å². The smallest absolute Gasteiger partial charge is 0.181 e. The van der Waals surface area contributed by atoms with Crippen LogP contribution in [-0.4, -0.2) is 15.9 Å². The van der Waals surface area contributed by atoms with Crippen molar-refractivity contribution in [2.45, 2.75) is 16.7 Å². The van der Waals surface area contributed by atoms with Gasteiger partial charge in [-0.15, -0.1) is 0 Å².